The molecule has 19 heavy (non-hydrogen) atoms. The number of nitrogens with one attached hydrogen (secondary N) is 2. The number of thioether (sulfide) groups is 1. The third-order valence-corrected chi connectivity index (χ3v) is 4.43. The molecule has 1 aromatic rings. The van der Waals surface area contributed by atoms with E-state index in [2.05, 4.69) is 33.8 Å². The Kier molecular flexibility index (Phi) is 5.24. The summed E-state index contributed by atoms with van der Waals surface area (Å²) in [6, 6.07) is 0.320. The number of rotatable bonds is 6. The highest BCUT2D eigenvalue weighted by Gasteiger charge is 2.24. The minimum atomic E-state index is -0.380. The number of nitrogens with zero attached hydrogens (tertiary/aromatic N) is 2. The highest BCUT2D eigenvalue weighted by molar-refractivity contribution is 7.99. The van der Waals surface area contributed by atoms with Gasteiger partial charge in [0.2, 0.25) is 5.95 Å². The van der Waals surface area contributed by atoms with E-state index in [0.717, 1.165) is 25.8 Å². The fourth-order valence-electron chi connectivity index (χ4n) is 2.27. The second kappa shape index (κ2) is 6.93. The summed E-state index contributed by atoms with van der Waals surface area (Å²) < 4.78 is 13.7. The van der Waals surface area contributed by atoms with Crippen LogP contribution in [-0.2, 0) is 0 Å². The lowest BCUT2D eigenvalue weighted by atomic mass is 10.2. The Hall–Kier alpha value is -1.04. The van der Waals surface area contributed by atoms with Crippen LogP contribution in [-0.4, -0.2) is 34.1 Å². The lowest BCUT2D eigenvalue weighted by Crippen LogP contribution is -2.19. The van der Waals surface area contributed by atoms with Gasteiger partial charge in [0.05, 0.1) is 6.20 Å². The van der Waals surface area contributed by atoms with Crippen molar-refractivity contribution in [3.8, 4) is 0 Å². The second-order valence-corrected chi connectivity index (χ2v) is 5.97. The quantitative estimate of drug-likeness (QED) is 0.840. The summed E-state index contributed by atoms with van der Waals surface area (Å²) >= 11 is 1.89. The first-order valence-corrected chi connectivity index (χ1v) is 8.07. The lowest BCUT2D eigenvalue weighted by molar-refractivity contribution is 0.610. The van der Waals surface area contributed by atoms with Crippen molar-refractivity contribution in [1.82, 2.24) is 9.97 Å². The Balaban J connectivity index is 1.98. The van der Waals surface area contributed by atoms with Crippen LogP contribution in [0.15, 0.2) is 6.20 Å². The molecule has 0 aliphatic heterocycles. The number of anilines is 2. The third-order valence-electron chi connectivity index (χ3n) is 3.34. The normalized spacial score (nSPS) is 22.5. The van der Waals surface area contributed by atoms with Crippen LogP contribution in [0.5, 0.6) is 0 Å². The highest BCUT2D eigenvalue weighted by atomic mass is 32.2. The molecule has 0 saturated heterocycles. The van der Waals surface area contributed by atoms with Crippen molar-refractivity contribution < 1.29 is 4.39 Å². The molecule has 0 amide bonds. The first-order valence-electron chi connectivity index (χ1n) is 6.78. The molecule has 2 N–H and O–H groups in total. The Morgan fingerprint density at radius 1 is 1.47 bits per heavy atom. The summed E-state index contributed by atoms with van der Waals surface area (Å²) in [6.07, 6.45) is 7.68. The summed E-state index contributed by atoms with van der Waals surface area (Å²) in [7, 11) is 0. The summed E-state index contributed by atoms with van der Waals surface area (Å²) in [4.78, 5) is 8.15. The van der Waals surface area contributed by atoms with Gasteiger partial charge in [-0.1, -0.05) is 6.92 Å². The van der Waals surface area contributed by atoms with Gasteiger partial charge >= 0.3 is 0 Å². The molecule has 0 radical (unpaired) electrons. The van der Waals surface area contributed by atoms with Crippen LogP contribution in [0.2, 0.25) is 0 Å². The number of hydrogen-bond donors (Lipinski definition) is 2. The zero-order chi connectivity index (χ0) is 13.7. The van der Waals surface area contributed by atoms with E-state index in [1.165, 1.54) is 12.6 Å². The Labute approximate surface area is 118 Å². The molecule has 2 unspecified atom stereocenters. The van der Waals surface area contributed by atoms with Gasteiger partial charge < -0.3 is 10.6 Å². The summed E-state index contributed by atoms with van der Waals surface area (Å²) in [6.45, 7) is 2.86. The van der Waals surface area contributed by atoms with Crippen molar-refractivity contribution in [1.29, 1.82) is 0 Å². The first-order chi connectivity index (χ1) is 9.22. The van der Waals surface area contributed by atoms with Crippen LogP contribution in [0, 0.1) is 5.82 Å². The molecule has 6 heteroatoms. The summed E-state index contributed by atoms with van der Waals surface area (Å²) in [5.41, 5.74) is 0. The molecular weight excluding hydrogens is 263 g/mol. The lowest BCUT2D eigenvalue weighted by Gasteiger charge is -2.14. The molecule has 1 aromatic heterocycles. The first kappa shape index (κ1) is 14.4. The maximum Gasteiger partial charge on any atom is 0.224 e. The van der Waals surface area contributed by atoms with Crippen molar-refractivity contribution in [3.63, 3.8) is 0 Å². The van der Waals surface area contributed by atoms with Crippen molar-refractivity contribution in [2.75, 3.05) is 23.4 Å². The van der Waals surface area contributed by atoms with Gasteiger partial charge in [0.1, 0.15) is 0 Å². The molecular formula is C13H21FN4S. The number of hydrogen-bond acceptors (Lipinski definition) is 5. The van der Waals surface area contributed by atoms with Gasteiger partial charge in [-0.15, -0.1) is 0 Å². The average Bonchev–Trinajstić information content (AvgIpc) is 2.87. The van der Waals surface area contributed by atoms with E-state index in [9.17, 15) is 4.39 Å². The SMILES string of the molecule is CCCNc1ncc(F)c(NC2CCC(SC)C2)n1. The maximum atomic E-state index is 13.7. The van der Waals surface area contributed by atoms with E-state index in [4.69, 9.17) is 0 Å². The molecule has 0 bridgehead atoms. The van der Waals surface area contributed by atoms with Gasteiger partial charge in [0.25, 0.3) is 0 Å². The number of aromatic nitrogens is 2. The van der Waals surface area contributed by atoms with Gasteiger partial charge in [0.15, 0.2) is 11.6 Å². The molecule has 2 rings (SSSR count). The van der Waals surface area contributed by atoms with E-state index in [0.29, 0.717) is 23.1 Å². The molecule has 4 nitrogen and oxygen atoms in total. The molecule has 1 heterocycles. The van der Waals surface area contributed by atoms with E-state index in [-0.39, 0.29) is 5.82 Å². The molecule has 0 aromatic carbocycles. The average molecular weight is 284 g/mol. The van der Waals surface area contributed by atoms with Crippen LogP contribution in [0.3, 0.4) is 0 Å². The van der Waals surface area contributed by atoms with E-state index in [1.807, 2.05) is 11.8 Å². The van der Waals surface area contributed by atoms with Gasteiger partial charge in [-0.3, -0.25) is 0 Å². The standard InChI is InChI=1S/C13H21FN4S/c1-3-6-15-13-16-8-11(14)12(18-13)17-9-4-5-10(7-9)19-2/h8-10H,3-7H2,1-2H3,(H2,15,16,17,18). The van der Waals surface area contributed by atoms with Crippen molar-refractivity contribution >= 4 is 23.5 Å². The van der Waals surface area contributed by atoms with Gasteiger partial charge in [-0.25, -0.2) is 9.37 Å². The predicted octanol–water partition coefficient (Wildman–Crippen LogP) is 3.13. The summed E-state index contributed by atoms with van der Waals surface area (Å²) in [5, 5.41) is 6.97. The molecule has 1 saturated carbocycles. The second-order valence-electron chi connectivity index (χ2n) is 4.83. The Morgan fingerprint density at radius 3 is 3.00 bits per heavy atom. The van der Waals surface area contributed by atoms with Crippen LogP contribution >= 0.6 is 11.8 Å². The minimum Gasteiger partial charge on any atom is -0.365 e. The number of halogens is 1. The highest BCUT2D eigenvalue weighted by Crippen LogP contribution is 2.30. The molecule has 1 fully saturated rings. The molecule has 2 atom stereocenters. The van der Waals surface area contributed by atoms with Crippen molar-refractivity contribution in [2.45, 2.75) is 43.9 Å². The summed E-state index contributed by atoms with van der Waals surface area (Å²) in [5.74, 6) is 0.431. The van der Waals surface area contributed by atoms with E-state index < -0.39 is 0 Å². The van der Waals surface area contributed by atoms with Gasteiger partial charge in [0, 0.05) is 17.8 Å². The Bertz CT molecular complexity index is 416. The monoisotopic (exact) mass is 284 g/mol. The van der Waals surface area contributed by atoms with Crippen LogP contribution < -0.4 is 10.6 Å². The van der Waals surface area contributed by atoms with E-state index in [1.54, 1.807) is 0 Å². The largest absolute Gasteiger partial charge is 0.365 e. The van der Waals surface area contributed by atoms with Gasteiger partial charge in [-0.2, -0.15) is 16.7 Å². The molecule has 0 spiro atoms. The zero-order valence-corrected chi connectivity index (χ0v) is 12.3. The fraction of sp³-hybridized carbons (Fsp3) is 0.692. The van der Waals surface area contributed by atoms with Gasteiger partial charge in [-0.05, 0) is 31.9 Å². The molecule has 106 valence electrons. The third kappa shape index (κ3) is 3.96. The van der Waals surface area contributed by atoms with Crippen LogP contribution in [0.4, 0.5) is 16.2 Å². The molecule has 1 aliphatic rings. The van der Waals surface area contributed by atoms with Crippen LogP contribution in [0.1, 0.15) is 32.6 Å². The van der Waals surface area contributed by atoms with Crippen LogP contribution in [0.25, 0.3) is 0 Å². The minimum absolute atomic E-state index is 0.320. The zero-order valence-electron chi connectivity index (χ0n) is 11.4. The topological polar surface area (TPSA) is 49.8 Å². The Morgan fingerprint density at radius 2 is 2.32 bits per heavy atom. The van der Waals surface area contributed by atoms with Crippen molar-refractivity contribution in [2.24, 2.45) is 0 Å². The van der Waals surface area contributed by atoms with E-state index >= 15 is 0 Å². The fourth-order valence-corrected chi connectivity index (χ4v) is 3.07. The maximum absolute atomic E-state index is 13.7. The van der Waals surface area contributed by atoms with Crippen molar-refractivity contribution in [3.05, 3.63) is 12.0 Å². The molecule has 1 aliphatic carbocycles. The predicted molar refractivity (Wildman–Crippen MR) is 79.3 cm³/mol. The smallest absolute Gasteiger partial charge is 0.224 e.